The first-order valence-electron chi connectivity index (χ1n) is 5.07. The quantitative estimate of drug-likeness (QED) is 0.599. The number of benzene rings is 1. The van der Waals surface area contributed by atoms with Crippen LogP contribution in [-0.2, 0) is 11.3 Å². The number of aliphatic hydroxyl groups excluding tert-OH is 1. The molecule has 0 atom stereocenters. The number of hydrogen-bond acceptors (Lipinski definition) is 3. The summed E-state index contributed by atoms with van der Waals surface area (Å²) in [6.45, 7) is -0.0884. The number of aliphatic hydroxyl groups is 1. The van der Waals surface area contributed by atoms with Crippen LogP contribution in [0.25, 0.3) is 0 Å². The van der Waals surface area contributed by atoms with Crippen molar-refractivity contribution < 1.29 is 19.1 Å². The van der Waals surface area contributed by atoms with Crippen LogP contribution in [0.3, 0.4) is 0 Å². The molecular formula is C12H14FNO3. The summed E-state index contributed by atoms with van der Waals surface area (Å²) < 4.78 is 13.5. The highest BCUT2D eigenvalue weighted by molar-refractivity contribution is 5.95. The summed E-state index contributed by atoms with van der Waals surface area (Å²) in [5.41, 5.74) is 2.57. The topological polar surface area (TPSA) is 58.6 Å². The minimum absolute atomic E-state index is 0.0445. The second-order valence-electron chi connectivity index (χ2n) is 3.27. The summed E-state index contributed by atoms with van der Waals surface area (Å²) in [7, 11) is 1.28. The molecule has 0 heterocycles. The number of halogens is 1. The molecule has 0 saturated heterocycles. The van der Waals surface area contributed by atoms with Gasteiger partial charge in [0, 0.05) is 0 Å². The molecule has 0 aliphatic heterocycles. The lowest BCUT2D eigenvalue weighted by atomic mass is 10.0. The van der Waals surface area contributed by atoms with E-state index in [1.807, 2.05) is 0 Å². The number of allylic oxidation sites excluding steroid dienone is 1. The van der Waals surface area contributed by atoms with E-state index >= 15 is 0 Å². The fraction of sp³-hybridized carbons (Fsp3) is 0.250. The lowest BCUT2D eigenvalue weighted by Crippen LogP contribution is -2.24. The molecule has 0 saturated carbocycles. The normalized spacial score (nSPS) is 10.8. The molecular weight excluding hydrogens is 225 g/mol. The zero-order valence-corrected chi connectivity index (χ0v) is 9.44. The van der Waals surface area contributed by atoms with Crippen molar-refractivity contribution in [3.63, 3.8) is 0 Å². The molecule has 0 bridgehead atoms. The zero-order valence-electron chi connectivity index (χ0n) is 9.44. The van der Waals surface area contributed by atoms with Crippen LogP contribution in [0.1, 0.15) is 15.9 Å². The Morgan fingerprint density at radius 2 is 2.29 bits per heavy atom. The third-order valence-corrected chi connectivity index (χ3v) is 2.13. The standard InChI is InChI=1S/C12H14FNO3/c1-17-14-12(16)11-9(5-2-3-8-15)6-4-7-10(11)13/h2-4,6-7,15H,5,8H2,1H3,(H,14,16)/b3-2+. The number of hydrogen-bond donors (Lipinski definition) is 2. The molecule has 1 amide bonds. The molecule has 17 heavy (non-hydrogen) atoms. The van der Waals surface area contributed by atoms with E-state index in [1.165, 1.54) is 25.3 Å². The van der Waals surface area contributed by atoms with Gasteiger partial charge < -0.3 is 5.11 Å². The van der Waals surface area contributed by atoms with Crippen molar-refractivity contribution in [1.29, 1.82) is 0 Å². The molecule has 0 unspecified atom stereocenters. The van der Waals surface area contributed by atoms with Crippen molar-refractivity contribution in [1.82, 2.24) is 5.48 Å². The lowest BCUT2D eigenvalue weighted by Gasteiger charge is -2.08. The Morgan fingerprint density at radius 1 is 1.53 bits per heavy atom. The predicted molar refractivity (Wildman–Crippen MR) is 60.8 cm³/mol. The maximum atomic E-state index is 13.5. The van der Waals surface area contributed by atoms with Gasteiger partial charge in [-0.3, -0.25) is 9.63 Å². The Bertz CT molecular complexity index is 418. The Morgan fingerprint density at radius 3 is 2.94 bits per heavy atom. The average Bonchev–Trinajstić information content (AvgIpc) is 2.29. The average molecular weight is 239 g/mol. The number of carbonyl (C=O) groups is 1. The second-order valence-corrected chi connectivity index (χ2v) is 3.27. The SMILES string of the molecule is CONC(=O)c1c(F)cccc1C/C=C/CO. The molecule has 0 radical (unpaired) electrons. The van der Waals surface area contributed by atoms with Crippen LogP contribution >= 0.6 is 0 Å². The number of carbonyl (C=O) groups excluding carboxylic acids is 1. The van der Waals surface area contributed by atoms with E-state index in [4.69, 9.17) is 5.11 Å². The monoisotopic (exact) mass is 239 g/mol. The van der Waals surface area contributed by atoms with E-state index in [9.17, 15) is 9.18 Å². The van der Waals surface area contributed by atoms with Crippen LogP contribution in [0, 0.1) is 5.82 Å². The predicted octanol–water partition coefficient (Wildman–Crippen LogP) is 1.21. The summed E-state index contributed by atoms with van der Waals surface area (Å²) in [5.74, 6) is -1.23. The zero-order chi connectivity index (χ0) is 12.7. The molecule has 0 spiro atoms. The maximum absolute atomic E-state index is 13.5. The van der Waals surface area contributed by atoms with Crippen LogP contribution in [-0.4, -0.2) is 24.7 Å². The molecule has 4 nitrogen and oxygen atoms in total. The molecule has 1 aromatic rings. The molecule has 92 valence electrons. The summed E-state index contributed by atoms with van der Waals surface area (Å²) in [6, 6.07) is 4.39. The molecule has 2 N–H and O–H groups in total. The molecule has 0 aliphatic rings. The Hall–Kier alpha value is -1.72. The lowest BCUT2D eigenvalue weighted by molar-refractivity contribution is 0.0532. The van der Waals surface area contributed by atoms with Crippen LogP contribution in [0.5, 0.6) is 0 Å². The Balaban J connectivity index is 2.99. The van der Waals surface area contributed by atoms with Crippen molar-refractivity contribution in [2.45, 2.75) is 6.42 Å². The summed E-state index contributed by atoms with van der Waals surface area (Å²) in [4.78, 5) is 16.0. The van der Waals surface area contributed by atoms with Gasteiger partial charge in [0.2, 0.25) is 0 Å². The highest BCUT2D eigenvalue weighted by atomic mass is 19.1. The van der Waals surface area contributed by atoms with Crippen molar-refractivity contribution >= 4 is 5.91 Å². The van der Waals surface area contributed by atoms with Gasteiger partial charge in [0.15, 0.2) is 0 Å². The van der Waals surface area contributed by atoms with E-state index in [2.05, 4.69) is 10.3 Å². The minimum atomic E-state index is -0.627. The van der Waals surface area contributed by atoms with Crippen LogP contribution in [0.4, 0.5) is 4.39 Å². The van der Waals surface area contributed by atoms with E-state index in [1.54, 1.807) is 12.1 Å². The van der Waals surface area contributed by atoms with Crippen LogP contribution < -0.4 is 5.48 Å². The first kappa shape index (κ1) is 13.3. The van der Waals surface area contributed by atoms with Crippen molar-refractivity contribution in [3.05, 3.63) is 47.3 Å². The Labute approximate surface area is 98.7 Å². The van der Waals surface area contributed by atoms with Gasteiger partial charge in [-0.25, -0.2) is 9.87 Å². The summed E-state index contributed by atoms with van der Waals surface area (Å²) >= 11 is 0. The smallest absolute Gasteiger partial charge is 0.278 e. The van der Waals surface area contributed by atoms with Gasteiger partial charge in [-0.1, -0.05) is 24.3 Å². The van der Waals surface area contributed by atoms with Gasteiger partial charge in [-0.2, -0.15) is 0 Å². The molecule has 0 aromatic heterocycles. The third-order valence-electron chi connectivity index (χ3n) is 2.13. The van der Waals surface area contributed by atoms with E-state index < -0.39 is 11.7 Å². The summed E-state index contributed by atoms with van der Waals surface area (Å²) in [6.07, 6.45) is 3.56. The number of nitrogens with one attached hydrogen (secondary N) is 1. The number of hydroxylamine groups is 1. The summed E-state index contributed by atoms with van der Waals surface area (Å²) in [5, 5.41) is 8.60. The third kappa shape index (κ3) is 3.65. The van der Waals surface area contributed by atoms with E-state index in [-0.39, 0.29) is 12.2 Å². The van der Waals surface area contributed by atoms with Gasteiger partial charge in [-0.15, -0.1) is 0 Å². The van der Waals surface area contributed by atoms with Gasteiger partial charge in [0.25, 0.3) is 5.91 Å². The van der Waals surface area contributed by atoms with Gasteiger partial charge in [0.05, 0.1) is 19.3 Å². The fourth-order valence-electron chi connectivity index (χ4n) is 1.42. The number of amides is 1. The van der Waals surface area contributed by atoms with E-state index in [0.29, 0.717) is 12.0 Å². The second kappa shape index (κ2) is 6.78. The van der Waals surface area contributed by atoms with Gasteiger partial charge in [-0.05, 0) is 18.1 Å². The molecule has 1 rings (SSSR count). The fourth-order valence-corrected chi connectivity index (χ4v) is 1.42. The van der Waals surface area contributed by atoms with Gasteiger partial charge in [0.1, 0.15) is 5.82 Å². The number of rotatable bonds is 5. The first-order chi connectivity index (χ1) is 8.20. The highest BCUT2D eigenvalue weighted by Crippen LogP contribution is 2.14. The molecule has 1 aromatic carbocycles. The molecule has 0 aliphatic carbocycles. The van der Waals surface area contributed by atoms with Crippen molar-refractivity contribution in [2.75, 3.05) is 13.7 Å². The highest BCUT2D eigenvalue weighted by Gasteiger charge is 2.15. The van der Waals surface area contributed by atoms with Gasteiger partial charge >= 0.3 is 0 Å². The Kier molecular flexibility index (Phi) is 5.32. The molecule has 5 heteroatoms. The first-order valence-corrected chi connectivity index (χ1v) is 5.07. The maximum Gasteiger partial charge on any atom is 0.278 e. The minimum Gasteiger partial charge on any atom is -0.392 e. The van der Waals surface area contributed by atoms with Crippen molar-refractivity contribution in [2.24, 2.45) is 0 Å². The largest absolute Gasteiger partial charge is 0.392 e. The van der Waals surface area contributed by atoms with Crippen molar-refractivity contribution in [3.8, 4) is 0 Å². The molecule has 0 fully saturated rings. The van der Waals surface area contributed by atoms with Crippen LogP contribution in [0.2, 0.25) is 0 Å². The van der Waals surface area contributed by atoms with E-state index in [0.717, 1.165) is 0 Å². The van der Waals surface area contributed by atoms with Crippen LogP contribution in [0.15, 0.2) is 30.4 Å².